The quantitative estimate of drug-likeness (QED) is 0.352. The molecular weight excluding hydrogens is 474 g/mol. The number of thiazole rings is 2. The first-order valence-corrected chi connectivity index (χ1v) is 11.2. The van der Waals surface area contributed by atoms with E-state index in [2.05, 4.69) is 25.3 Å². The predicted molar refractivity (Wildman–Crippen MR) is 120 cm³/mol. The van der Waals surface area contributed by atoms with Crippen LogP contribution >= 0.6 is 22.7 Å². The number of carbonyl (C=O) groups excluding carboxylic acids is 2. The maximum atomic E-state index is 12.4. The molecule has 2 N–H and O–H groups in total. The third-order valence-electron chi connectivity index (χ3n) is 4.25. The molecule has 0 saturated carbocycles. The highest BCUT2D eigenvalue weighted by molar-refractivity contribution is 7.16. The Hall–Kier alpha value is -3.64. The number of benzene rings is 1. The molecule has 0 atom stereocenters. The van der Waals surface area contributed by atoms with Gasteiger partial charge >= 0.3 is 6.61 Å². The summed E-state index contributed by atoms with van der Waals surface area (Å²) in [5.74, 6) is -0.524. The van der Waals surface area contributed by atoms with Crippen LogP contribution in [-0.2, 0) is 11.2 Å². The number of halogens is 2. The number of hydrogen-bond acceptors (Lipinski definition) is 8. The highest BCUT2D eigenvalue weighted by atomic mass is 32.1. The zero-order valence-corrected chi connectivity index (χ0v) is 18.6. The number of rotatable bonds is 8. The lowest BCUT2D eigenvalue weighted by Gasteiger charge is -2.05. The number of nitrogens with one attached hydrogen (secondary N) is 2. The molecule has 3 aromatic heterocycles. The Morgan fingerprint density at radius 3 is 2.61 bits per heavy atom. The Labute approximate surface area is 194 Å². The molecule has 0 bridgehead atoms. The predicted octanol–water partition coefficient (Wildman–Crippen LogP) is 5.20. The van der Waals surface area contributed by atoms with Crippen molar-refractivity contribution in [3.63, 3.8) is 0 Å². The number of carbonyl (C=O) groups is 2. The van der Waals surface area contributed by atoms with Gasteiger partial charge in [0.1, 0.15) is 5.75 Å². The lowest BCUT2D eigenvalue weighted by Crippen LogP contribution is -2.15. The van der Waals surface area contributed by atoms with Crippen molar-refractivity contribution in [3.05, 3.63) is 64.4 Å². The van der Waals surface area contributed by atoms with E-state index in [-0.39, 0.29) is 23.8 Å². The standard InChI is InChI=1S/C21H16F2N4O4S2/c1-11-17(12-4-6-14(7-5-12)31-19(22)23)26-21(33-11)25-16(28)9-13-10-32-20(24-13)27-18(29)15-3-2-8-30-15/h2-8,10,19H,9H2,1H3,(H,24,27,29)(H,25,26,28). The van der Waals surface area contributed by atoms with Crippen LogP contribution in [0.2, 0.25) is 0 Å². The van der Waals surface area contributed by atoms with Gasteiger partial charge in [0.25, 0.3) is 5.91 Å². The van der Waals surface area contributed by atoms with Gasteiger partial charge in [-0.3, -0.25) is 14.9 Å². The zero-order chi connectivity index (χ0) is 23.4. The molecule has 4 aromatic rings. The van der Waals surface area contributed by atoms with Gasteiger partial charge in [-0.25, -0.2) is 9.97 Å². The van der Waals surface area contributed by atoms with Crippen molar-refractivity contribution in [3.8, 4) is 17.0 Å². The van der Waals surface area contributed by atoms with E-state index in [1.54, 1.807) is 23.6 Å². The summed E-state index contributed by atoms with van der Waals surface area (Å²) < 4.78 is 34.0. The topological polar surface area (TPSA) is 106 Å². The summed E-state index contributed by atoms with van der Waals surface area (Å²) in [6.07, 6.45) is 1.40. The Morgan fingerprint density at radius 2 is 1.91 bits per heavy atom. The number of aromatic nitrogens is 2. The van der Waals surface area contributed by atoms with Gasteiger partial charge < -0.3 is 14.5 Å². The van der Waals surface area contributed by atoms with Gasteiger partial charge in [-0.15, -0.1) is 22.7 Å². The summed E-state index contributed by atoms with van der Waals surface area (Å²) in [5, 5.41) is 7.79. The van der Waals surface area contributed by atoms with Gasteiger partial charge in [-0.2, -0.15) is 8.78 Å². The molecule has 0 unspecified atom stereocenters. The van der Waals surface area contributed by atoms with Gasteiger partial charge in [0.15, 0.2) is 16.0 Å². The van der Waals surface area contributed by atoms with Crippen LogP contribution < -0.4 is 15.4 Å². The largest absolute Gasteiger partial charge is 0.459 e. The van der Waals surface area contributed by atoms with Crippen LogP contribution in [0.4, 0.5) is 19.0 Å². The Kier molecular flexibility index (Phi) is 6.75. The number of furan rings is 1. The fourth-order valence-electron chi connectivity index (χ4n) is 2.85. The van der Waals surface area contributed by atoms with Crippen LogP contribution in [0.15, 0.2) is 52.5 Å². The molecule has 8 nitrogen and oxygen atoms in total. The van der Waals surface area contributed by atoms with Crippen LogP contribution in [0, 0.1) is 6.92 Å². The normalized spacial score (nSPS) is 10.9. The Morgan fingerprint density at radius 1 is 1.12 bits per heavy atom. The van der Waals surface area contributed by atoms with Crippen LogP contribution in [0.25, 0.3) is 11.3 Å². The molecule has 0 saturated heterocycles. The van der Waals surface area contributed by atoms with E-state index in [1.165, 1.54) is 47.1 Å². The van der Waals surface area contributed by atoms with Gasteiger partial charge in [0.05, 0.1) is 24.1 Å². The maximum Gasteiger partial charge on any atom is 0.387 e. The number of anilines is 2. The average Bonchev–Trinajstić information content (AvgIpc) is 3.50. The second-order valence-electron chi connectivity index (χ2n) is 6.63. The number of hydrogen-bond donors (Lipinski definition) is 2. The van der Waals surface area contributed by atoms with Gasteiger partial charge in [0.2, 0.25) is 5.91 Å². The fraction of sp³-hybridized carbons (Fsp3) is 0.143. The summed E-state index contributed by atoms with van der Waals surface area (Å²) in [6, 6.07) is 9.26. The van der Waals surface area contributed by atoms with Crippen molar-refractivity contribution < 1.29 is 27.5 Å². The van der Waals surface area contributed by atoms with E-state index < -0.39 is 12.5 Å². The molecular formula is C21H16F2N4O4S2. The average molecular weight is 491 g/mol. The molecule has 0 aliphatic carbocycles. The van der Waals surface area contributed by atoms with Gasteiger partial charge in [-0.1, -0.05) is 0 Å². The smallest absolute Gasteiger partial charge is 0.387 e. The molecule has 12 heteroatoms. The number of amides is 2. The molecule has 170 valence electrons. The second kappa shape index (κ2) is 9.88. The highest BCUT2D eigenvalue weighted by Crippen LogP contribution is 2.31. The molecule has 3 heterocycles. The molecule has 2 amide bonds. The maximum absolute atomic E-state index is 12.4. The van der Waals surface area contributed by atoms with Gasteiger partial charge in [-0.05, 0) is 43.3 Å². The van der Waals surface area contributed by atoms with Crippen molar-refractivity contribution >= 4 is 44.8 Å². The molecule has 4 rings (SSSR count). The van der Waals surface area contributed by atoms with E-state index in [0.717, 1.165) is 4.88 Å². The van der Waals surface area contributed by atoms with E-state index in [4.69, 9.17) is 4.42 Å². The van der Waals surface area contributed by atoms with E-state index in [0.29, 0.717) is 27.2 Å². The fourth-order valence-corrected chi connectivity index (χ4v) is 4.41. The molecule has 0 spiro atoms. The lowest BCUT2D eigenvalue weighted by molar-refractivity contribution is -0.115. The minimum Gasteiger partial charge on any atom is -0.459 e. The Balaban J connectivity index is 1.36. The zero-order valence-electron chi connectivity index (χ0n) is 17.0. The summed E-state index contributed by atoms with van der Waals surface area (Å²) in [6.45, 7) is -1.04. The van der Waals surface area contributed by atoms with Crippen LogP contribution in [0.1, 0.15) is 21.1 Å². The molecule has 0 fully saturated rings. The third kappa shape index (κ3) is 5.79. The summed E-state index contributed by atoms with van der Waals surface area (Å²) in [7, 11) is 0. The minimum absolute atomic E-state index is 0.000742. The Bertz CT molecular complexity index is 1250. The molecule has 0 aliphatic heterocycles. The number of ether oxygens (including phenoxy) is 1. The highest BCUT2D eigenvalue weighted by Gasteiger charge is 2.16. The first kappa shape index (κ1) is 22.6. The second-order valence-corrected chi connectivity index (χ2v) is 8.69. The molecule has 0 radical (unpaired) electrons. The molecule has 33 heavy (non-hydrogen) atoms. The first-order valence-electron chi connectivity index (χ1n) is 9.49. The van der Waals surface area contributed by atoms with E-state index in [1.807, 2.05) is 6.92 Å². The van der Waals surface area contributed by atoms with Crippen molar-refractivity contribution in [1.82, 2.24) is 9.97 Å². The summed E-state index contributed by atoms with van der Waals surface area (Å²) in [4.78, 5) is 34.0. The molecule has 1 aromatic carbocycles. The summed E-state index contributed by atoms with van der Waals surface area (Å²) in [5.41, 5.74) is 1.84. The minimum atomic E-state index is -2.89. The third-order valence-corrected chi connectivity index (χ3v) is 5.95. The number of nitrogens with zero attached hydrogens (tertiary/aromatic N) is 2. The van der Waals surface area contributed by atoms with Crippen molar-refractivity contribution in [2.75, 3.05) is 10.6 Å². The van der Waals surface area contributed by atoms with Crippen molar-refractivity contribution in [1.29, 1.82) is 0 Å². The van der Waals surface area contributed by atoms with E-state index in [9.17, 15) is 18.4 Å². The monoisotopic (exact) mass is 490 g/mol. The SMILES string of the molecule is Cc1sc(NC(=O)Cc2csc(NC(=O)c3ccco3)n2)nc1-c1ccc(OC(F)F)cc1. The van der Waals surface area contributed by atoms with E-state index >= 15 is 0 Å². The van der Waals surface area contributed by atoms with Crippen molar-refractivity contribution in [2.45, 2.75) is 20.0 Å². The molecule has 0 aliphatic rings. The summed E-state index contributed by atoms with van der Waals surface area (Å²) >= 11 is 2.49. The number of aryl methyl sites for hydroxylation is 1. The number of alkyl halides is 2. The first-order chi connectivity index (χ1) is 15.9. The van der Waals surface area contributed by atoms with Crippen LogP contribution in [-0.4, -0.2) is 28.4 Å². The van der Waals surface area contributed by atoms with Gasteiger partial charge in [0, 0.05) is 15.8 Å². The van der Waals surface area contributed by atoms with Crippen LogP contribution in [0.3, 0.4) is 0 Å². The lowest BCUT2D eigenvalue weighted by atomic mass is 10.1. The van der Waals surface area contributed by atoms with Crippen molar-refractivity contribution in [2.24, 2.45) is 0 Å². The van der Waals surface area contributed by atoms with Crippen LogP contribution in [0.5, 0.6) is 5.75 Å².